The Morgan fingerprint density at radius 2 is 1.71 bits per heavy atom. The zero-order valence-corrected chi connectivity index (χ0v) is 8.14. The zero-order chi connectivity index (χ0) is 10.6. The van der Waals surface area contributed by atoms with E-state index in [1.165, 1.54) is 0 Å². The lowest BCUT2D eigenvalue weighted by Crippen LogP contribution is -2.30. The third-order valence-corrected chi connectivity index (χ3v) is 2.83. The molecule has 0 atom stereocenters. The van der Waals surface area contributed by atoms with Crippen molar-refractivity contribution < 1.29 is 18.7 Å². The van der Waals surface area contributed by atoms with Gasteiger partial charge in [0.1, 0.15) is 0 Å². The molecule has 14 heavy (non-hydrogen) atoms. The van der Waals surface area contributed by atoms with E-state index < -0.39 is 18.3 Å². The van der Waals surface area contributed by atoms with Gasteiger partial charge >= 0.3 is 11.9 Å². The zero-order valence-electron chi connectivity index (χ0n) is 8.14. The summed E-state index contributed by atoms with van der Waals surface area (Å²) in [6.45, 7) is 0. The summed E-state index contributed by atoms with van der Waals surface area (Å²) in [5.74, 6) is -5.63. The van der Waals surface area contributed by atoms with Crippen LogP contribution in [0.1, 0.15) is 44.9 Å². The number of hydrogen-bond donors (Lipinski definition) is 1. The van der Waals surface area contributed by atoms with Gasteiger partial charge in [0.2, 0.25) is 0 Å². The van der Waals surface area contributed by atoms with Gasteiger partial charge in [-0.1, -0.05) is 38.5 Å². The van der Waals surface area contributed by atoms with E-state index in [0.717, 1.165) is 38.5 Å². The van der Waals surface area contributed by atoms with E-state index in [1.54, 1.807) is 0 Å². The van der Waals surface area contributed by atoms with E-state index in [4.69, 9.17) is 5.11 Å². The predicted molar refractivity (Wildman–Crippen MR) is 48.4 cm³/mol. The molecule has 0 heterocycles. The fourth-order valence-electron chi connectivity index (χ4n) is 2.02. The lowest BCUT2D eigenvalue weighted by Gasteiger charge is -2.18. The molecule has 1 fully saturated rings. The van der Waals surface area contributed by atoms with Gasteiger partial charge in [-0.15, -0.1) is 0 Å². The summed E-state index contributed by atoms with van der Waals surface area (Å²) in [7, 11) is 0. The minimum Gasteiger partial charge on any atom is -0.477 e. The van der Waals surface area contributed by atoms with Gasteiger partial charge in [0.15, 0.2) is 0 Å². The standard InChI is InChI=1S/C10H16F2O2/c11-10(12,9(13)14)7-8-5-3-1-2-4-6-8/h8H,1-7H2,(H,13,14). The van der Waals surface area contributed by atoms with E-state index in [-0.39, 0.29) is 5.92 Å². The van der Waals surface area contributed by atoms with E-state index in [0.29, 0.717) is 0 Å². The third kappa shape index (κ3) is 3.24. The fraction of sp³-hybridized carbons (Fsp3) is 0.900. The van der Waals surface area contributed by atoms with Gasteiger partial charge in [0.25, 0.3) is 0 Å². The number of rotatable bonds is 3. The highest BCUT2D eigenvalue weighted by molar-refractivity contribution is 5.75. The molecule has 82 valence electrons. The molecular formula is C10H16F2O2. The fourth-order valence-corrected chi connectivity index (χ4v) is 2.02. The number of carboxylic acid groups (broad SMARTS) is 1. The van der Waals surface area contributed by atoms with Crippen molar-refractivity contribution in [2.24, 2.45) is 5.92 Å². The normalized spacial score (nSPS) is 20.4. The molecule has 0 amide bonds. The van der Waals surface area contributed by atoms with Gasteiger partial charge in [0, 0.05) is 6.42 Å². The maximum atomic E-state index is 12.9. The highest BCUT2D eigenvalue weighted by Gasteiger charge is 2.40. The molecule has 0 unspecified atom stereocenters. The molecule has 1 aliphatic rings. The molecule has 0 aromatic rings. The number of carbonyl (C=O) groups is 1. The summed E-state index contributed by atoms with van der Waals surface area (Å²) in [5, 5.41) is 8.29. The summed E-state index contributed by atoms with van der Waals surface area (Å²) in [4.78, 5) is 10.2. The smallest absolute Gasteiger partial charge is 0.374 e. The molecule has 1 saturated carbocycles. The van der Waals surface area contributed by atoms with Crippen LogP contribution in [0.3, 0.4) is 0 Å². The summed E-state index contributed by atoms with van der Waals surface area (Å²) >= 11 is 0. The first kappa shape index (κ1) is 11.4. The quantitative estimate of drug-likeness (QED) is 0.720. The molecule has 1 rings (SSSR count). The van der Waals surface area contributed by atoms with Crippen molar-refractivity contribution in [1.29, 1.82) is 0 Å². The minimum absolute atomic E-state index is 0.108. The van der Waals surface area contributed by atoms with E-state index in [9.17, 15) is 13.6 Å². The van der Waals surface area contributed by atoms with Crippen molar-refractivity contribution in [1.82, 2.24) is 0 Å². The molecule has 1 aliphatic carbocycles. The Labute approximate surface area is 82.3 Å². The van der Waals surface area contributed by atoms with Gasteiger partial charge < -0.3 is 5.11 Å². The average molecular weight is 206 g/mol. The Morgan fingerprint density at radius 3 is 2.14 bits per heavy atom. The van der Waals surface area contributed by atoms with Crippen LogP contribution < -0.4 is 0 Å². The number of hydrogen-bond acceptors (Lipinski definition) is 1. The Hall–Kier alpha value is -0.670. The number of carboxylic acids is 1. The van der Waals surface area contributed by atoms with Crippen molar-refractivity contribution in [2.75, 3.05) is 0 Å². The first-order valence-corrected chi connectivity index (χ1v) is 5.13. The topological polar surface area (TPSA) is 37.3 Å². The Kier molecular flexibility index (Phi) is 3.84. The second kappa shape index (κ2) is 4.71. The second-order valence-corrected chi connectivity index (χ2v) is 4.07. The molecule has 2 nitrogen and oxygen atoms in total. The average Bonchev–Trinajstić information content (AvgIpc) is 2.32. The van der Waals surface area contributed by atoms with Gasteiger partial charge in [-0.3, -0.25) is 0 Å². The van der Waals surface area contributed by atoms with Crippen LogP contribution in [0.5, 0.6) is 0 Å². The molecule has 0 aliphatic heterocycles. The highest BCUT2D eigenvalue weighted by Crippen LogP contribution is 2.32. The Morgan fingerprint density at radius 1 is 1.21 bits per heavy atom. The molecule has 0 radical (unpaired) electrons. The van der Waals surface area contributed by atoms with E-state index in [1.807, 2.05) is 0 Å². The minimum atomic E-state index is -3.53. The molecule has 0 bridgehead atoms. The molecular weight excluding hydrogens is 190 g/mol. The van der Waals surface area contributed by atoms with Crippen LogP contribution in [0.15, 0.2) is 0 Å². The van der Waals surface area contributed by atoms with E-state index in [2.05, 4.69) is 0 Å². The predicted octanol–water partition coefficient (Wildman–Crippen LogP) is 3.07. The molecule has 0 aromatic heterocycles. The first-order valence-electron chi connectivity index (χ1n) is 5.13. The van der Waals surface area contributed by atoms with Gasteiger partial charge in [-0.25, -0.2) is 4.79 Å². The maximum absolute atomic E-state index is 12.9. The van der Waals surface area contributed by atoms with Crippen LogP contribution in [-0.2, 0) is 4.79 Å². The van der Waals surface area contributed by atoms with Crippen molar-refractivity contribution >= 4 is 5.97 Å². The summed E-state index contributed by atoms with van der Waals surface area (Å²) in [6, 6.07) is 0. The molecule has 1 N–H and O–H groups in total. The Bertz CT molecular complexity index is 196. The molecule has 0 spiro atoms. The van der Waals surface area contributed by atoms with Gasteiger partial charge in [0.05, 0.1) is 0 Å². The largest absolute Gasteiger partial charge is 0.477 e. The van der Waals surface area contributed by atoms with Gasteiger partial charge in [-0.2, -0.15) is 8.78 Å². The molecule has 0 aromatic carbocycles. The first-order chi connectivity index (χ1) is 6.52. The van der Waals surface area contributed by atoms with Crippen LogP contribution in [0.25, 0.3) is 0 Å². The van der Waals surface area contributed by atoms with Crippen LogP contribution in [0.2, 0.25) is 0 Å². The lowest BCUT2D eigenvalue weighted by molar-refractivity contribution is -0.167. The summed E-state index contributed by atoms with van der Waals surface area (Å²) < 4.78 is 25.7. The Balaban J connectivity index is 2.45. The van der Waals surface area contributed by atoms with Crippen LogP contribution >= 0.6 is 0 Å². The van der Waals surface area contributed by atoms with E-state index >= 15 is 0 Å². The van der Waals surface area contributed by atoms with Gasteiger partial charge in [-0.05, 0) is 5.92 Å². The third-order valence-electron chi connectivity index (χ3n) is 2.83. The van der Waals surface area contributed by atoms with Crippen LogP contribution in [0, 0.1) is 5.92 Å². The summed E-state index contributed by atoms with van der Waals surface area (Å²) in [6.07, 6.45) is 5.12. The number of alkyl halides is 2. The number of aliphatic carboxylic acids is 1. The summed E-state index contributed by atoms with van der Waals surface area (Å²) in [5.41, 5.74) is 0. The molecule has 0 saturated heterocycles. The van der Waals surface area contributed by atoms with Crippen molar-refractivity contribution in [3.63, 3.8) is 0 Å². The monoisotopic (exact) mass is 206 g/mol. The van der Waals surface area contributed by atoms with Crippen molar-refractivity contribution in [2.45, 2.75) is 50.9 Å². The van der Waals surface area contributed by atoms with Crippen LogP contribution in [0.4, 0.5) is 8.78 Å². The number of halogens is 2. The maximum Gasteiger partial charge on any atom is 0.374 e. The SMILES string of the molecule is O=C(O)C(F)(F)CC1CCCCCC1. The van der Waals surface area contributed by atoms with Crippen LogP contribution in [-0.4, -0.2) is 17.0 Å². The highest BCUT2D eigenvalue weighted by atomic mass is 19.3. The van der Waals surface area contributed by atoms with Crippen molar-refractivity contribution in [3.05, 3.63) is 0 Å². The molecule has 4 heteroatoms. The lowest BCUT2D eigenvalue weighted by atomic mass is 9.93. The second-order valence-electron chi connectivity index (χ2n) is 4.07. The van der Waals surface area contributed by atoms with Crippen molar-refractivity contribution in [3.8, 4) is 0 Å².